The molecule has 0 bridgehead atoms. The van der Waals surface area contributed by atoms with Crippen LogP contribution in [0.25, 0.3) is 0 Å². The summed E-state index contributed by atoms with van der Waals surface area (Å²) in [5, 5.41) is 2.95. The Morgan fingerprint density at radius 1 is 1.50 bits per heavy atom. The molecule has 1 aliphatic rings. The van der Waals surface area contributed by atoms with E-state index in [1.807, 2.05) is 12.1 Å². The van der Waals surface area contributed by atoms with E-state index in [2.05, 4.69) is 21.2 Å². The minimum atomic E-state index is 0. The summed E-state index contributed by atoms with van der Waals surface area (Å²) >= 11 is 5.06. The highest BCUT2D eigenvalue weighted by Crippen LogP contribution is 2.27. The van der Waals surface area contributed by atoms with Crippen LogP contribution in [0.3, 0.4) is 0 Å². The van der Waals surface area contributed by atoms with Crippen LogP contribution in [-0.2, 0) is 11.3 Å². The first-order valence-corrected chi connectivity index (χ1v) is 7.52. The van der Waals surface area contributed by atoms with Gasteiger partial charge in [0, 0.05) is 17.3 Å². The minimum absolute atomic E-state index is 0. The zero-order valence-corrected chi connectivity index (χ0v) is 13.2. The largest absolute Gasteiger partial charge is 0.351 e. The molecular formula is C12H18BrClN2OS. The first kappa shape index (κ1) is 16.0. The van der Waals surface area contributed by atoms with Crippen LogP contribution in [-0.4, -0.2) is 11.9 Å². The van der Waals surface area contributed by atoms with E-state index >= 15 is 0 Å². The quantitative estimate of drug-likeness (QED) is 0.874. The Morgan fingerprint density at radius 3 is 2.83 bits per heavy atom. The Balaban J connectivity index is 0.00000162. The highest BCUT2D eigenvalue weighted by atomic mass is 79.9. The molecule has 2 rings (SSSR count). The number of carbonyl (C=O) groups is 1. The molecule has 1 saturated carbocycles. The summed E-state index contributed by atoms with van der Waals surface area (Å²) in [5.74, 6) is 0.502. The highest BCUT2D eigenvalue weighted by Gasteiger charge is 2.25. The number of nitrogens with two attached hydrogens (primary N) is 1. The van der Waals surface area contributed by atoms with E-state index in [0.717, 1.165) is 23.0 Å². The van der Waals surface area contributed by atoms with Gasteiger partial charge in [-0.3, -0.25) is 4.79 Å². The summed E-state index contributed by atoms with van der Waals surface area (Å²) < 4.78 is 1.10. The van der Waals surface area contributed by atoms with Crippen molar-refractivity contribution in [1.82, 2.24) is 5.32 Å². The number of halogens is 2. The second kappa shape index (κ2) is 7.48. The Morgan fingerprint density at radius 2 is 2.28 bits per heavy atom. The fourth-order valence-electron chi connectivity index (χ4n) is 2.26. The Kier molecular flexibility index (Phi) is 6.63. The maximum Gasteiger partial charge on any atom is 0.220 e. The van der Waals surface area contributed by atoms with Gasteiger partial charge in [0.15, 0.2) is 0 Å². The van der Waals surface area contributed by atoms with E-state index in [1.54, 1.807) is 11.3 Å². The average Bonchev–Trinajstić information content (AvgIpc) is 2.86. The fraction of sp³-hybridized carbons (Fsp3) is 0.583. The molecule has 1 aliphatic carbocycles. The molecule has 0 aromatic carbocycles. The van der Waals surface area contributed by atoms with Gasteiger partial charge in [0.1, 0.15) is 0 Å². The first-order chi connectivity index (χ1) is 8.15. The van der Waals surface area contributed by atoms with Gasteiger partial charge in [-0.15, -0.1) is 23.7 Å². The maximum absolute atomic E-state index is 11.8. The maximum atomic E-state index is 11.8. The van der Waals surface area contributed by atoms with Gasteiger partial charge in [0.2, 0.25) is 5.91 Å². The molecule has 0 spiro atoms. The van der Waals surface area contributed by atoms with Gasteiger partial charge in [-0.1, -0.05) is 6.42 Å². The molecule has 3 nitrogen and oxygen atoms in total. The van der Waals surface area contributed by atoms with Crippen molar-refractivity contribution in [3.05, 3.63) is 20.8 Å². The molecule has 1 aromatic rings. The highest BCUT2D eigenvalue weighted by molar-refractivity contribution is 9.11. The fourth-order valence-corrected chi connectivity index (χ4v) is 3.68. The zero-order chi connectivity index (χ0) is 12.3. The van der Waals surface area contributed by atoms with Gasteiger partial charge < -0.3 is 11.1 Å². The van der Waals surface area contributed by atoms with Crippen molar-refractivity contribution in [2.24, 2.45) is 11.7 Å². The molecule has 102 valence electrons. The molecule has 0 aliphatic heterocycles. The van der Waals surface area contributed by atoms with Crippen LogP contribution < -0.4 is 11.1 Å². The molecule has 1 aromatic heterocycles. The van der Waals surface area contributed by atoms with Gasteiger partial charge in [-0.05, 0) is 46.8 Å². The van der Waals surface area contributed by atoms with E-state index in [0.29, 0.717) is 18.9 Å². The molecule has 0 radical (unpaired) electrons. The summed E-state index contributed by atoms with van der Waals surface area (Å²) in [7, 11) is 0. The molecule has 3 N–H and O–H groups in total. The van der Waals surface area contributed by atoms with Crippen LogP contribution in [0.15, 0.2) is 15.9 Å². The zero-order valence-electron chi connectivity index (χ0n) is 10.0. The molecule has 1 heterocycles. The van der Waals surface area contributed by atoms with Crippen LogP contribution in [0, 0.1) is 5.92 Å². The van der Waals surface area contributed by atoms with Crippen molar-refractivity contribution in [3.63, 3.8) is 0 Å². The number of thiophene rings is 1. The molecule has 6 heteroatoms. The van der Waals surface area contributed by atoms with Gasteiger partial charge in [-0.25, -0.2) is 0 Å². The third kappa shape index (κ3) is 4.53. The molecule has 0 unspecified atom stereocenters. The summed E-state index contributed by atoms with van der Waals surface area (Å²) in [6.45, 7) is 0.622. The third-order valence-corrected chi connectivity index (χ3v) is 4.88. The van der Waals surface area contributed by atoms with Crippen LogP contribution in [0.5, 0.6) is 0 Å². The van der Waals surface area contributed by atoms with Gasteiger partial charge in [0.05, 0.1) is 10.3 Å². The molecule has 0 saturated heterocycles. The summed E-state index contributed by atoms with van der Waals surface area (Å²) in [6, 6.07) is 4.24. The molecular weight excluding hydrogens is 336 g/mol. The number of amides is 1. The Hall–Kier alpha value is -0.100. The lowest BCUT2D eigenvalue weighted by Gasteiger charge is -2.14. The van der Waals surface area contributed by atoms with Gasteiger partial charge in [-0.2, -0.15) is 0 Å². The van der Waals surface area contributed by atoms with Crippen molar-refractivity contribution in [2.45, 2.75) is 38.3 Å². The minimum Gasteiger partial charge on any atom is -0.351 e. The van der Waals surface area contributed by atoms with Crippen molar-refractivity contribution >= 4 is 45.6 Å². The van der Waals surface area contributed by atoms with Crippen LogP contribution in [0.1, 0.15) is 30.6 Å². The standard InChI is InChI=1S/C12H17BrN2OS.ClH/c13-11-5-4-9(17-11)7-15-12(16)6-8-2-1-3-10(8)14;/h4-5,8,10H,1-3,6-7,14H2,(H,15,16);1H/t8-,10+;/m0./s1. The predicted molar refractivity (Wildman–Crippen MR) is 81.0 cm³/mol. The lowest BCUT2D eigenvalue weighted by Crippen LogP contribution is -2.31. The van der Waals surface area contributed by atoms with E-state index in [-0.39, 0.29) is 24.4 Å². The second-order valence-corrected chi connectivity index (χ2v) is 7.09. The van der Waals surface area contributed by atoms with Gasteiger partial charge >= 0.3 is 0 Å². The monoisotopic (exact) mass is 352 g/mol. The molecule has 18 heavy (non-hydrogen) atoms. The summed E-state index contributed by atoms with van der Waals surface area (Å²) in [4.78, 5) is 12.9. The number of nitrogens with one attached hydrogen (secondary N) is 1. The molecule has 1 fully saturated rings. The van der Waals surface area contributed by atoms with Crippen molar-refractivity contribution in [1.29, 1.82) is 0 Å². The first-order valence-electron chi connectivity index (χ1n) is 5.91. The lowest BCUT2D eigenvalue weighted by atomic mass is 10.00. The second-order valence-electron chi connectivity index (χ2n) is 4.54. The lowest BCUT2D eigenvalue weighted by molar-refractivity contribution is -0.122. The van der Waals surface area contributed by atoms with Crippen LogP contribution >= 0.6 is 39.7 Å². The normalized spacial score (nSPS) is 22.6. The number of hydrogen-bond acceptors (Lipinski definition) is 3. The SMILES string of the molecule is Cl.N[C@@H]1CCC[C@H]1CC(=O)NCc1ccc(Br)s1. The molecule has 2 atom stereocenters. The van der Waals surface area contributed by atoms with Crippen molar-refractivity contribution in [3.8, 4) is 0 Å². The number of rotatable bonds is 4. The van der Waals surface area contributed by atoms with E-state index in [1.165, 1.54) is 4.88 Å². The van der Waals surface area contributed by atoms with Gasteiger partial charge in [0.25, 0.3) is 0 Å². The third-order valence-electron chi connectivity index (χ3n) is 3.25. The Bertz CT molecular complexity index is 399. The Labute approximate surface area is 126 Å². The van der Waals surface area contributed by atoms with Crippen LogP contribution in [0.2, 0.25) is 0 Å². The van der Waals surface area contributed by atoms with Crippen molar-refractivity contribution < 1.29 is 4.79 Å². The topological polar surface area (TPSA) is 55.1 Å². The van der Waals surface area contributed by atoms with E-state index < -0.39 is 0 Å². The van der Waals surface area contributed by atoms with Crippen molar-refractivity contribution in [2.75, 3.05) is 0 Å². The summed E-state index contributed by atoms with van der Waals surface area (Å²) in [6.07, 6.45) is 3.90. The van der Waals surface area contributed by atoms with E-state index in [9.17, 15) is 4.79 Å². The smallest absolute Gasteiger partial charge is 0.220 e. The number of carbonyl (C=O) groups excluding carboxylic acids is 1. The average molecular weight is 354 g/mol. The molecule has 1 amide bonds. The van der Waals surface area contributed by atoms with E-state index in [4.69, 9.17) is 5.73 Å². The summed E-state index contributed by atoms with van der Waals surface area (Å²) in [5.41, 5.74) is 5.95. The van der Waals surface area contributed by atoms with Crippen LogP contribution in [0.4, 0.5) is 0 Å². The predicted octanol–water partition coefficient (Wildman–Crippen LogP) is 3.07. The number of hydrogen-bond donors (Lipinski definition) is 2.